The molecule has 2 atom stereocenters. The zero-order chi connectivity index (χ0) is 11.5. The Kier molecular flexibility index (Phi) is 3.25. The third-order valence-electron chi connectivity index (χ3n) is 2.95. The van der Waals surface area contributed by atoms with Gasteiger partial charge in [-0.1, -0.05) is 30.3 Å². The number of hydrogen-bond acceptors (Lipinski definition) is 3. The summed E-state index contributed by atoms with van der Waals surface area (Å²) in [5.74, 6) is -0.0917. The molecule has 1 heterocycles. The molecule has 16 heavy (non-hydrogen) atoms. The van der Waals surface area contributed by atoms with Gasteiger partial charge in [0.05, 0.1) is 0 Å². The highest BCUT2D eigenvalue weighted by atomic mass is 16.6. The van der Waals surface area contributed by atoms with Crippen LogP contribution < -0.4 is 0 Å². The van der Waals surface area contributed by atoms with E-state index in [1.165, 1.54) is 5.56 Å². The fourth-order valence-corrected chi connectivity index (χ4v) is 2.08. The van der Waals surface area contributed by atoms with E-state index in [9.17, 15) is 4.79 Å². The summed E-state index contributed by atoms with van der Waals surface area (Å²) in [6.45, 7) is 2.72. The van der Waals surface area contributed by atoms with Gasteiger partial charge in [0, 0.05) is 13.0 Å². The summed E-state index contributed by atoms with van der Waals surface area (Å²) in [6, 6.07) is 10.1. The fourth-order valence-electron chi connectivity index (χ4n) is 2.08. The molecule has 0 amide bonds. The van der Waals surface area contributed by atoms with E-state index in [1.54, 1.807) is 0 Å². The summed E-state index contributed by atoms with van der Waals surface area (Å²) in [7, 11) is 1.97. The van der Waals surface area contributed by atoms with E-state index >= 15 is 0 Å². The minimum absolute atomic E-state index is 0.0516. The van der Waals surface area contributed by atoms with Gasteiger partial charge < -0.3 is 4.74 Å². The maximum atomic E-state index is 11.6. The van der Waals surface area contributed by atoms with Crippen molar-refractivity contribution in [1.29, 1.82) is 0 Å². The molecule has 2 unspecified atom stereocenters. The zero-order valence-corrected chi connectivity index (χ0v) is 9.72. The first-order valence-corrected chi connectivity index (χ1v) is 5.61. The van der Waals surface area contributed by atoms with Crippen molar-refractivity contribution in [3.05, 3.63) is 35.9 Å². The number of nitrogens with zero attached hydrogens (tertiary/aromatic N) is 1. The Bertz CT molecular complexity index is 363. The number of rotatable bonds is 3. The van der Waals surface area contributed by atoms with E-state index in [2.05, 4.69) is 17.0 Å². The van der Waals surface area contributed by atoms with Crippen LogP contribution in [0.4, 0.5) is 0 Å². The number of likely N-dealkylation sites (N-methyl/N-ethyl adjacent to an activating group) is 1. The van der Waals surface area contributed by atoms with Crippen LogP contribution in [0.3, 0.4) is 0 Å². The first-order valence-electron chi connectivity index (χ1n) is 5.61. The molecule has 1 aliphatic heterocycles. The quantitative estimate of drug-likeness (QED) is 0.726. The van der Waals surface area contributed by atoms with Gasteiger partial charge in [0.1, 0.15) is 12.1 Å². The van der Waals surface area contributed by atoms with Gasteiger partial charge in [-0.05, 0) is 19.5 Å². The van der Waals surface area contributed by atoms with Gasteiger partial charge in [0.15, 0.2) is 0 Å². The predicted molar refractivity (Wildman–Crippen MR) is 61.9 cm³/mol. The third kappa shape index (κ3) is 2.42. The molecular formula is C13H17NO2. The third-order valence-corrected chi connectivity index (χ3v) is 2.95. The summed E-state index contributed by atoms with van der Waals surface area (Å²) >= 11 is 0. The molecule has 1 aromatic rings. The molecule has 0 radical (unpaired) electrons. The lowest BCUT2D eigenvalue weighted by Crippen LogP contribution is -2.34. The topological polar surface area (TPSA) is 29.5 Å². The molecule has 0 aliphatic carbocycles. The largest absolute Gasteiger partial charge is 0.461 e. The van der Waals surface area contributed by atoms with Gasteiger partial charge in [-0.15, -0.1) is 0 Å². The van der Waals surface area contributed by atoms with Crippen LogP contribution in [0.1, 0.15) is 18.9 Å². The molecule has 0 bridgehead atoms. The molecule has 2 rings (SSSR count). The SMILES string of the molecule is CC1CC(N(C)Cc2ccccc2)C(=O)O1. The lowest BCUT2D eigenvalue weighted by atomic mass is 10.1. The molecule has 1 aliphatic rings. The van der Waals surface area contributed by atoms with Crippen LogP contribution in [0.2, 0.25) is 0 Å². The van der Waals surface area contributed by atoms with Gasteiger partial charge in [-0.3, -0.25) is 9.69 Å². The van der Waals surface area contributed by atoms with E-state index in [-0.39, 0.29) is 18.1 Å². The van der Waals surface area contributed by atoms with Crippen molar-refractivity contribution in [2.75, 3.05) is 7.05 Å². The summed E-state index contributed by atoms with van der Waals surface area (Å²) < 4.78 is 5.15. The van der Waals surface area contributed by atoms with Crippen LogP contribution in [-0.2, 0) is 16.1 Å². The number of hydrogen-bond donors (Lipinski definition) is 0. The van der Waals surface area contributed by atoms with Crippen molar-refractivity contribution in [3.8, 4) is 0 Å². The Morgan fingerprint density at radius 2 is 2.06 bits per heavy atom. The minimum Gasteiger partial charge on any atom is -0.461 e. The number of esters is 1. The second kappa shape index (κ2) is 4.66. The van der Waals surface area contributed by atoms with Gasteiger partial charge in [-0.25, -0.2) is 0 Å². The van der Waals surface area contributed by atoms with E-state index in [0.29, 0.717) is 0 Å². The maximum Gasteiger partial charge on any atom is 0.323 e. The smallest absolute Gasteiger partial charge is 0.323 e. The van der Waals surface area contributed by atoms with E-state index in [4.69, 9.17) is 4.74 Å². The van der Waals surface area contributed by atoms with Crippen molar-refractivity contribution < 1.29 is 9.53 Å². The van der Waals surface area contributed by atoms with E-state index in [1.807, 2.05) is 32.2 Å². The van der Waals surface area contributed by atoms with Crippen molar-refractivity contribution in [3.63, 3.8) is 0 Å². The summed E-state index contributed by atoms with van der Waals surface area (Å²) in [5, 5.41) is 0. The molecule has 3 nitrogen and oxygen atoms in total. The highest BCUT2D eigenvalue weighted by Crippen LogP contribution is 2.20. The van der Waals surface area contributed by atoms with Crippen molar-refractivity contribution >= 4 is 5.97 Å². The number of carbonyl (C=O) groups excluding carboxylic acids is 1. The van der Waals surface area contributed by atoms with Crippen LogP contribution in [-0.4, -0.2) is 30.1 Å². The highest BCUT2D eigenvalue weighted by Gasteiger charge is 2.34. The summed E-state index contributed by atoms with van der Waals surface area (Å²) in [6.07, 6.45) is 0.845. The average molecular weight is 219 g/mol. The maximum absolute atomic E-state index is 11.6. The first kappa shape index (κ1) is 11.1. The second-order valence-electron chi connectivity index (χ2n) is 4.40. The van der Waals surface area contributed by atoms with E-state index in [0.717, 1.165) is 13.0 Å². The Morgan fingerprint density at radius 3 is 2.62 bits per heavy atom. The van der Waals surface area contributed by atoms with Gasteiger partial charge in [0.2, 0.25) is 0 Å². The predicted octanol–water partition coefficient (Wildman–Crippen LogP) is 1.82. The monoisotopic (exact) mass is 219 g/mol. The Hall–Kier alpha value is -1.35. The Balaban J connectivity index is 1.98. The molecule has 1 saturated heterocycles. The standard InChI is InChI=1S/C13H17NO2/c1-10-8-12(13(15)16-10)14(2)9-11-6-4-3-5-7-11/h3-7,10,12H,8-9H2,1-2H3. The summed E-state index contributed by atoms with van der Waals surface area (Å²) in [5.41, 5.74) is 1.22. The molecule has 3 heteroatoms. The zero-order valence-electron chi connectivity index (χ0n) is 9.72. The van der Waals surface area contributed by atoms with Crippen LogP contribution >= 0.6 is 0 Å². The highest BCUT2D eigenvalue weighted by molar-refractivity contribution is 5.77. The second-order valence-corrected chi connectivity index (χ2v) is 4.40. The molecular weight excluding hydrogens is 202 g/mol. The number of carbonyl (C=O) groups is 1. The number of cyclic esters (lactones) is 1. The van der Waals surface area contributed by atoms with Gasteiger partial charge in [-0.2, -0.15) is 0 Å². The van der Waals surface area contributed by atoms with Crippen LogP contribution in [0.5, 0.6) is 0 Å². The van der Waals surface area contributed by atoms with Crippen LogP contribution in [0.15, 0.2) is 30.3 Å². The van der Waals surface area contributed by atoms with Crippen LogP contribution in [0.25, 0.3) is 0 Å². The molecule has 0 N–H and O–H groups in total. The Labute approximate surface area is 96.0 Å². The number of ether oxygens (including phenoxy) is 1. The number of benzene rings is 1. The minimum atomic E-state index is -0.0917. The van der Waals surface area contributed by atoms with Gasteiger partial charge in [0.25, 0.3) is 0 Å². The van der Waals surface area contributed by atoms with Crippen molar-refractivity contribution in [2.24, 2.45) is 0 Å². The molecule has 1 fully saturated rings. The lowest BCUT2D eigenvalue weighted by Gasteiger charge is -2.20. The molecule has 0 saturated carbocycles. The Morgan fingerprint density at radius 1 is 1.38 bits per heavy atom. The first-order chi connectivity index (χ1) is 7.66. The van der Waals surface area contributed by atoms with Crippen molar-refractivity contribution in [1.82, 2.24) is 4.90 Å². The molecule has 0 spiro atoms. The van der Waals surface area contributed by atoms with E-state index < -0.39 is 0 Å². The molecule has 1 aromatic carbocycles. The van der Waals surface area contributed by atoms with Gasteiger partial charge >= 0.3 is 5.97 Å². The van der Waals surface area contributed by atoms with Crippen molar-refractivity contribution in [2.45, 2.75) is 32.0 Å². The fraction of sp³-hybridized carbons (Fsp3) is 0.462. The molecule has 0 aromatic heterocycles. The normalized spacial score (nSPS) is 24.8. The summed E-state index contributed by atoms with van der Waals surface area (Å²) in [4.78, 5) is 13.6. The lowest BCUT2D eigenvalue weighted by molar-refractivity contribution is -0.144. The molecule has 86 valence electrons. The van der Waals surface area contributed by atoms with Crippen LogP contribution in [0, 0.1) is 0 Å². The average Bonchev–Trinajstić information content (AvgIpc) is 2.59.